The van der Waals surface area contributed by atoms with Crippen molar-refractivity contribution in [3.05, 3.63) is 98.3 Å². The average Bonchev–Trinajstić information content (AvgIpc) is 2.74. The Balaban J connectivity index is 1.88. The van der Waals surface area contributed by atoms with Gasteiger partial charge in [-0.1, -0.05) is 59.6 Å². The fraction of sp³-hybridized carbons (Fsp3) is 0.0435. The number of aromatic carboxylic acids is 1. The molecule has 3 aromatic carbocycles. The van der Waals surface area contributed by atoms with E-state index in [2.05, 4.69) is 4.98 Å². The van der Waals surface area contributed by atoms with Gasteiger partial charge in [-0.2, -0.15) is 0 Å². The number of ether oxygens (including phenoxy) is 1. The number of carboxylic acids is 1. The van der Waals surface area contributed by atoms with Gasteiger partial charge in [0.15, 0.2) is 5.43 Å². The van der Waals surface area contributed by atoms with E-state index in [0.717, 1.165) is 17.2 Å². The predicted octanol–water partition coefficient (Wildman–Crippen LogP) is 5.78. The highest BCUT2D eigenvalue weighted by molar-refractivity contribution is 6.42. The zero-order chi connectivity index (χ0) is 21.3. The zero-order valence-electron chi connectivity index (χ0n) is 15.5. The van der Waals surface area contributed by atoms with Gasteiger partial charge in [0.1, 0.15) is 18.1 Å². The molecular formula is C23H15Cl2NO4. The highest BCUT2D eigenvalue weighted by Gasteiger charge is 2.15. The average molecular weight is 440 g/mol. The minimum absolute atomic E-state index is 0.209. The summed E-state index contributed by atoms with van der Waals surface area (Å²) in [6.45, 7) is 0.250. The molecular weight excluding hydrogens is 425 g/mol. The Bertz CT molecular complexity index is 1320. The number of aromatic amines is 1. The molecule has 0 saturated heterocycles. The molecule has 4 aromatic rings. The SMILES string of the molecule is O=C(O)c1cc(=O)c2cc(-c3ccc(Cl)c(Cl)c3)cc(OCc3ccccc3)c2[nH]1. The van der Waals surface area contributed by atoms with Gasteiger partial charge in [-0.25, -0.2) is 4.79 Å². The van der Waals surface area contributed by atoms with E-state index < -0.39 is 11.4 Å². The maximum atomic E-state index is 12.6. The monoisotopic (exact) mass is 439 g/mol. The Morgan fingerprint density at radius 2 is 1.70 bits per heavy atom. The van der Waals surface area contributed by atoms with Crippen molar-refractivity contribution in [1.82, 2.24) is 4.98 Å². The summed E-state index contributed by atoms with van der Waals surface area (Å²) in [5, 5.41) is 10.4. The van der Waals surface area contributed by atoms with Gasteiger partial charge in [0.25, 0.3) is 0 Å². The maximum absolute atomic E-state index is 12.6. The first-order valence-corrected chi connectivity index (χ1v) is 9.74. The quantitative estimate of drug-likeness (QED) is 0.413. The molecule has 0 aliphatic rings. The van der Waals surface area contributed by atoms with Crippen LogP contribution in [0, 0.1) is 0 Å². The molecule has 4 rings (SSSR count). The first kappa shape index (κ1) is 20.0. The highest BCUT2D eigenvalue weighted by atomic mass is 35.5. The van der Waals surface area contributed by atoms with E-state index >= 15 is 0 Å². The van der Waals surface area contributed by atoms with Gasteiger partial charge >= 0.3 is 5.97 Å². The molecule has 0 fully saturated rings. The van der Waals surface area contributed by atoms with Crippen molar-refractivity contribution >= 4 is 40.1 Å². The van der Waals surface area contributed by atoms with E-state index in [1.54, 1.807) is 30.3 Å². The maximum Gasteiger partial charge on any atom is 0.352 e. The third-order valence-corrected chi connectivity index (χ3v) is 5.36. The summed E-state index contributed by atoms with van der Waals surface area (Å²) >= 11 is 12.2. The molecule has 0 amide bonds. The van der Waals surface area contributed by atoms with Crippen LogP contribution < -0.4 is 10.2 Å². The second-order valence-corrected chi connectivity index (χ2v) is 7.47. The Morgan fingerprint density at radius 1 is 0.933 bits per heavy atom. The summed E-state index contributed by atoms with van der Waals surface area (Å²) in [5.74, 6) is -0.866. The van der Waals surface area contributed by atoms with Gasteiger partial charge in [-0.3, -0.25) is 4.79 Å². The Morgan fingerprint density at radius 3 is 2.40 bits per heavy atom. The van der Waals surface area contributed by atoms with Crippen molar-refractivity contribution in [1.29, 1.82) is 0 Å². The second-order valence-electron chi connectivity index (χ2n) is 6.65. The van der Waals surface area contributed by atoms with Crippen LogP contribution >= 0.6 is 23.2 Å². The standard InChI is InChI=1S/C23H15Cl2NO4/c24-17-7-6-14(9-18(17)25)15-8-16-20(27)11-19(23(28)29)26-22(16)21(10-15)30-12-13-4-2-1-3-5-13/h1-11H,12H2,(H,26,27)(H,28,29). The van der Waals surface area contributed by atoms with Crippen LogP contribution in [0.2, 0.25) is 10.0 Å². The van der Waals surface area contributed by atoms with E-state index in [4.69, 9.17) is 27.9 Å². The third-order valence-electron chi connectivity index (χ3n) is 4.62. The Kier molecular flexibility index (Phi) is 5.48. The van der Waals surface area contributed by atoms with Crippen molar-refractivity contribution in [3.8, 4) is 16.9 Å². The van der Waals surface area contributed by atoms with E-state index in [0.29, 0.717) is 32.3 Å². The first-order valence-electron chi connectivity index (χ1n) is 8.99. The van der Waals surface area contributed by atoms with E-state index in [-0.39, 0.29) is 12.3 Å². The van der Waals surface area contributed by atoms with Gasteiger partial charge in [0.05, 0.1) is 15.6 Å². The number of hydrogen-bond donors (Lipinski definition) is 2. The normalized spacial score (nSPS) is 10.9. The van der Waals surface area contributed by atoms with Crippen LogP contribution in [-0.4, -0.2) is 16.1 Å². The molecule has 0 unspecified atom stereocenters. The number of aromatic nitrogens is 1. The fourth-order valence-electron chi connectivity index (χ4n) is 3.13. The molecule has 0 spiro atoms. The molecule has 30 heavy (non-hydrogen) atoms. The lowest BCUT2D eigenvalue weighted by molar-refractivity contribution is 0.0691. The molecule has 0 atom stereocenters. The van der Waals surface area contributed by atoms with Crippen LogP contribution in [-0.2, 0) is 6.61 Å². The molecule has 2 N–H and O–H groups in total. The molecule has 1 aromatic heterocycles. The van der Waals surface area contributed by atoms with Gasteiger partial charge in [-0.05, 0) is 41.0 Å². The van der Waals surface area contributed by atoms with Crippen LogP contribution in [0.25, 0.3) is 22.0 Å². The molecule has 0 aliphatic carbocycles. The minimum atomic E-state index is -1.23. The smallest absolute Gasteiger partial charge is 0.352 e. The number of nitrogens with one attached hydrogen (secondary N) is 1. The van der Waals surface area contributed by atoms with Crippen LogP contribution in [0.5, 0.6) is 5.75 Å². The number of pyridine rings is 1. The summed E-state index contributed by atoms with van der Waals surface area (Å²) in [6.07, 6.45) is 0. The van der Waals surface area contributed by atoms with Gasteiger partial charge in [0, 0.05) is 11.5 Å². The lowest BCUT2D eigenvalue weighted by Crippen LogP contribution is -2.10. The summed E-state index contributed by atoms with van der Waals surface area (Å²) in [5.41, 5.74) is 2.06. The summed E-state index contributed by atoms with van der Waals surface area (Å²) in [4.78, 5) is 26.9. The number of hydrogen-bond acceptors (Lipinski definition) is 3. The van der Waals surface area contributed by atoms with Crippen molar-refractivity contribution in [2.24, 2.45) is 0 Å². The second kappa shape index (κ2) is 8.22. The summed E-state index contributed by atoms with van der Waals surface area (Å²) in [6, 6.07) is 19.2. The van der Waals surface area contributed by atoms with Crippen molar-refractivity contribution in [3.63, 3.8) is 0 Å². The first-order chi connectivity index (χ1) is 14.4. The Labute approximate surface area is 181 Å². The molecule has 0 bridgehead atoms. The van der Waals surface area contributed by atoms with E-state index in [9.17, 15) is 14.7 Å². The van der Waals surface area contributed by atoms with Gasteiger partial charge in [-0.15, -0.1) is 0 Å². The minimum Gasteiger partial charge on any atom is -0.487 e. The number of carbonyl (C=O) groups is 1. The number of rotatable bonds is 5. The van der Waals surface area contributed by atoms with Crippen molar-refractivity contribution in [2.45, 2.75) is 6.61 Å². The molecule has 5 nitrogen and oxygen atoms in total. The number of fused-ring (bicyclic) bond motifs is 1. The van der Waals surface area contributed by atoms with Crippen LogP contribution in [0.4, 0.5) is 0 Å². The summed E-state index contributed by atoms with van der Waals surface area (Å²) in [7, 11) is 0. The van der Waals surface area contributed by atoms with E-state index in [1.807, 2.05) is 30.3 Å². The lowest BCUT2D eigenvalue weighted by atomic mass is 10.0. The largest absolute Gasteiger partial charge is 0.487 e. The third kappa shape index (κ3) is 4.03. The lowest BCUT2D eigenvalue weighted by Gasteiger charge is -2.13. The van der Waals surface area contributed by atoms with Gasteiger partial charge in [0.2, 0.25) is 0 Å². The fourth-order valence-corrected chi connectivity index (χ4v) is 3.42. The number of carboxylic acid groups (broad SMARTS) is 1. The molecule has 150 valence electrons. The number of halogens is 2. The van der Waals surface area contributed by atoms with Crippen molar-refractivity contribution in [2.75, 3.05) is 0 Å². The predicted molar refractivity (Wildman–Crippen MR) is 118 cm³/mol. The molecule has 0 aliphatic heterocycles. The zero-order valence-corrected chi connectivity index (χ0v) is 17.0. The van der Waals surface area contributed by atoms with Crippen LogP contribution in [0.1, 0.15) is 16.1 Å². The molecule has 1 heterocycles. The van der Waals surface area contributed by atoms with Crippen LogP contribution in [0.3, 0.4) is 0 Å². The molecule has 0 radical (unpaired) electrons. The topological polar surface area (TPSA) is 79.4 Å². The van der Waals surface area contributed by atoms with Crippen LogP contribution in [0.15, 0.2) is 71.5 Å². The number of benzene rings is 3. The molecule has 0 saturated carbocycles. The Hall–Kier alpha value is -3.28. The van der Waals surface area contributed by atoms with Crippen molar-refractivity contribution < 1.29 is 14.6 Å². The number of H-pyrrole nitrogens is 1. The van der Waals surface area contributed by atoms with Gasteiger partial charge < -0.3 is 14.8 Å². The van der Waals surface area contributed by atoms with E-state index in [1.165, 1.54) is 0 Å². The molecule has 7 heteroatoms. The summed E-state index contributed by atoms with van der Waals surface area (Å²) < 4.78 is 5.99. The highest BCUT2D eigenvalue weighted by Crippen LogP contribution is 2.34.